The number of hydrogen-bond donors (Lipinski definition) is 1. The smallest absolute Gasteiger partial charge is 0.306 e. The maximum Gasteiger partial charge on any atom is 0.306 e. The summed E-state index contributed by atoms with van der Waals surface area (Å²) in [6.07, 6.45) is 2.92. The van der Waals surface area contributed by atoms with Crippen LogP contribution in [0.25, 0.3) is 0 Å². The van der Waals surface area contributed by atoms with Gasteiger partial charge in [0, 0.05) is 23.7 Å². The third-order valence-electron chi connectivity index (χ3n) is 3.94. The van der Waals surface area contributed by atoms with Gasteiger partial charge in [0.05, 0.1) is 5.92 Å². The van der Waals surface area contributed by atoms with E-state index in [0.717, 1.165) is 12.8 Å². The summed E-state index contributed by atoms with van der Waals surface area (Å²) in [7, 11) is 1.73. The molecule has 5 heteroatoms. The van der Waals surface area contributed by atoms with Crippen molar-refractivity contribution in [2.24, 2.45) is 5.92 Å². The van der Waals surface area contributed by atoms with Crippen molar-refractivity contribution in [2.75, 3.05) is 7.05 Å². The molecule has 1 aliphatic rings. The van der Waals surface area contributed by atoms with Crippen LogP contribution in [0.1, 0.15) is 36.0 Å². The van der Waals surface area contributed by atoms with Gasteiger partial charge in [0.25, 0.3) is 5.91 Å². The Balaban J connectivity index is 2.08. The molecule has 0 radical (unpaired) electrons. The minimum Gasteiger partial charge on any atom is -0.481 e. The van der Waals surface area contributed by atoms with Gasteiger partial charge in [-0.05, 0) is 37.5 Å². The lowest BCUT2D eigenvalue weighted by atomic mass is 9.85. The number of benzene rings is 1. The molecule has 0 spiro atoms. The number of halogens is 1. The van der Waals surface area contributed by atoms with Crippen LogP contribution in [0, 0.1) is 5.92 Å². The Morgan fingerprint density at radius 2 is 2.10 bits per heavy atom. The van der Waals surface area contributed by atoms with Gasteiger partial charge in [-0.25, -0.2) is 0 Å². The molecule has 1 amide bonds. The normalized spacial score (nSPS) is 22.3. The highest BCUT2D eigenvalue weighted by atomic mass is 35.5. The van der Waals surface area contributed by atoms with Crippen LogP contribution in [0.15, 0.2) is 24.3 Å². The summed E-state index contributed by atoms with van der Waals surface area (Å²) in [4.78, 5) is 25.1. The molecule has 0 bridgehead atoms. The lowest BCUT2D eigenvalue weighted by Gasteiger charge is -2.34. The van der Waals surface area contributed by atoms with Crippen LogP contribution in [-0.2, 0) is 4.79 Å². The summed E-state index contributed by atoms with van der Waals surface area (Å²) < 4.78 is 0. The Kier molecular flexibility index (Phi) is 4.65. The number of nitrogens with zero attached hydrogens (tertiary/aromatic N) is 1. The zero-order valence-electron chi connectivity index (χ0n) is 11.4. The first kappa shape index (κ1) is 14.9. The van der Waals surface area contributed by atoms with Crippen molar-refractivity contribution in [3.05, 3.63) is 34.9 Å². The highest BCUT2D eigenvalue weighted by Gasteiger charge is 2.31. The van der Waals surface area contributed by atoms with Gasteiger partial charge in [-0.15, -0.1) is 0 Å². The second-order valence-corrected chi connectivity index (χ2v) is 5.72. The van der Waals surface area contributed by atoms with E-state index < -0.39 is 5.97 Å². The lowest BCUT2D eigenvalue weighted by molar-refractivity contribution is -0.143. The number of carbonyl (C=O) groups is 2. The van der Waals surface area contributed by atoms with Gasteiger partial charge in [0.1, 0.15) is 0 Å². The molecule has 2 atom stereocenters. The number of rotatable bonds is 3. The minimum atomic E-state index is -0.765. The van der Waals surface area contributed by atoms with E-state index in [1.807, 2.05) is 0 Å². The number of carboxylic acids is 1. The number of hydrogen-bond acceptors (Lipinski definition) is 2. The molecule has 0 aromatic heterocycles. The molecule has 2 rings (SSSR count). The first-order valence-electron chi connectivity index (χ1n) is 6.74. The van der Waals surface area contributed by atoms with Crippen molar-refractivity contribution in [1.29, 1.82) is 0 Å². The summed E-state index contributed by atoms with van der Waals surface area (Å²) >= 11 is 5.90. The van der Waals surface area contributed by atoms with Crippen molar-refractivity contribution in [3.63, 3.8) is 0 Å². The zero-order chi connectivity index (χ0) is 14.7. The van der Waals surface area contributed by atoms with Crippen LogP contribution in [0.2, 0.25) is 5.02 Å². The van der Waals surface area contributed by atoms with Crippen molar-refractivity contribution in [2.45, 2.75) is 31.7 Å². The molecule has 1 aromatic carbocycles. The Bertz CT molecular complexity index is 518. The first-order chi connectivity index (χ1) is 9.49. The van der Waals surface area contributed by atoms with E-state index in [4.69, 9.17) is 16.7 Å². The maximum atomic E-state index is 12.4. The quantitative estimate of drug-likeness (QED) is 0.932. The predicted octanol–water partition coefficient (Wildman–Crippen LogP) is 3.06. The van der Waals surface area contributed by atoms with Crippen molar-refractivity contribution in [1.82, 2.24) is 4.90 Å². The Morgan fingerprint density at radius 1 is 1.35 bits per heavy atom. The van der Waals surface area contributed by atoms with Crippen molar-refractivity contribution < 1.29 is 14.7 Å². The molecule has 4 nitrogen and oxygen atoms in total. The van der Waals surface area contributed by atoms with E-state index in [1.54, 1.807) is 36.2 Å². The molecule has 0 heterocycles. The third-order valence-corrected chi connectivity index (χ3v) is 4.17. The largest absolute Gasteiger partial charge is 0.481 e. The van der Waals surface area contributed by atoms with Gasteiger partial charge in [-0.2, -0.15) is 0 Å². The van der Waals surface area contributed by atoms with Crippen LogP contribution in [0.3, 0.4) is 0 Å². The van der Waals surface area contributed by atoms with Gasteiger partial charge in [0.15, 0.2) is 0 Å². The van der Waals surface area contributed by atoms with Crippen LogP contribution >= 0.6 is 11.6 Å². The molecule has 1 fully saturated rings. The van der Waals surface area contributed by atoms with Gasteiger partial charge in [0.2, 0.25) is 0 Å². The molecule has 0 saturated heterocycles. The average Bonchev–Trinajstić information content (AvgIpc) is 2.45. The maximum absolute atomic E-state index is 12.4. The molecule has 0 aliphatic heterocycles. The molecule has 1 aliphatic carbocycles. The molecule has 1 N–H and O–H groups in total. The number of carboxylic acid groups (broad SMARTS) is 1. The monoisotopic (exact) mass is 295 g/mol. The van der Waals surface area contributed by atoms with Crippen LogP contribution < -0.4 is 0 Å². The first-order valence-corrected chi connectivity index (χ1v) is 7.12. The second-order valence-electron chi connectivity index (χ2n) is 5.28. The molecule has 0 unspecified atom stereocenters. The van der Waals surface area contributed by atoms with E-state index in [1.165, 1.54) is 0 Å². The van der Waals surface area contributed by atoms with E-state index in [-0.39, 0.29) is 17.9 Å². The van der Waals surface area contributed by atoms with Gasteiger partial charge in [-0.3, -0.25) is 9.59 Å². The summed E-state index contributed by atoms with van der Waals surface area (Å²) in [6.45, 7) is 0. The van der Waals surface area contributed by atoms with E-state index in [2.05, 4.69) is 0 Å². The Hall–Kier alpha value is -1.55. The topological polar surface area (TPSA) is 57.6 Å². The molecular formula is C15H18ClNO3. The minimum absolute atomic E-state index is 0.0173. The Morgan fingerprint density at radius 3 is 2.75 bits per heavy atom. The van der Waals surface area contributed by atoms with Crippen LogP contribution in [0.4, 0.5) is 0 Å². The molecule has 1 saturated carbocycles. The van der Waals surface area contributed by atoms with Gasteiger partial charge < -0.3 is 10.0 Å². The lowest BCUT2D eigenvalue weighted by Crippen LogP contribution is -2.41. The zero-order valence-corrected chi connectivity index (χ0v) is 12.1. The van der Waals surface area contributed by atoms with Gasteiger partial charge in [-0.1, -0.05) is 24.1 Å². The van der Waals surface area contributed by atoms with Crippen molar-refractivity contribution in [3.8, 4) is 0 Å². The number of carbonyl (C=O) groups excluding carboxylic acids is 1. The SMILES string of the molecule is CN(C(=O)c1cccc(Cl)c1)[C@@H]1CCC[C@H](C(=O)O)C1. The molecule has 1 aromatic rings. The summed E-state index contributed by atoms with van der Waals surface area (Å²) in [6, 6.07) is 6.81. The fraction of sp³-hybridized carbons (Fsp3) is 0.467. The fourth-order valence-electron chi connectivity index (χ4n) is 2.73. The molecule has 20 heavy (non-hydrogen) atoms. The summed E-state index contributed by atoms with van der Waals surface area (Å²) in [5.41, 5.74) is 0.539. The number of aliphatic carboxylic acids is 1. The highest BCUT2D eigenvalue weighted by molar-refractivity contribution is 6.30. The van der Waals surface area contributed by atoms with Crippen LogP contribution in [-0.4, -0.2) is 35.0 Å². The standard InChI is InChI=1S/C15H18ClNO3/c1-17(13-7-3-5-11(9-13)15(19)20)14(18)10-4-2-6-12(16)8-10/h2,4,6,8,11,13H,3,5,7,9H2,1H3,(H,19,20)/t11-,13+/m0/s1. The predicted molar refractivity (Wildman–Crippen MR) is 76.9 cm³/mol. The van der Waals surface area contributed by atoms with Crippen LogP contribution in [0.5, 0.6) is 0 Å². The summed E-state index contributed by atoms with van der Waals surface area (Å²) in [5, 5.41) is 9.63. The van der Waals surface area contributed by atoms with E-state index in [9.17, 15) is 9.59 Å². The van der Waals surface area contributed by atoms with E-state index >= 15 is 0 Å². The van der Waals surface area contributed by atoms with Crippen molar-refractivity contribution >= 4 is 23.5 Å². The highest BCUT2D eigenvalue weighted by Crippen LogP contribution is 2.28. The molecular weight excluding hydrogens is 278 g/mol. The third kappa shape index (κ3) is 3.31. The average molecular weight is 296 g/mol. The fourth-order valence-corrected chi connectivity index (χ4v) is 2.92. The second kappa shape index (κ2) is 6.27. The Labute approximate surface area is 123 Å². The molecule has 108 valence electrons. The summed E-state index contributed by atoms with van der Waals surface area (Å²) in [5.74, 6) is -1.22. The number of amides is 1. The van der Waals surface area contributed by atoms with E-state index in [0.29, 0.717) is 23.4 Å². The van der Waals surface area contributed by atoms with Gasteiger partial charge >= 0.3 is 5.97 Å².